The van der Waals surface area contributed by atoms with Crippen LogP contribution in [0, 0.1) is 0 Å². The lowest BCUT2D eigenvalue weighted by atomic mass is 9.84. The van der Waals surface area contributed by atoms with Crippen molar-refractivity contribution in [3.8, 4) is 44.5 Å². The van der Waals surface area contributed by atoms with Gasteiger partial charge in [-0.2, -0.15) is 0 Å². The van der Waals surface area contributed by atoms with Gasteiger partial charge in [0.2, 0.25) is 0 Å². The summed E-state index contributed by atoms with van der Waals surface area (Å²) in [6.45, 7) is 8.48. The Hall–Kier alpha value is -6.54. The van der Waals surface area contributed by atoms with Crippen LogP contribution in [-0.2, 0) is 38.1 Å². The first-order valence-corrected chi connectivity index (χ1v) is 27.9. The fourth-order valence-electron chi connectivity index (χ4n) is 10.2. The van der Waals surface area contributed by atoms with Crippen LogP contribution in [0.15, 0.2) is 133 Å². The Balaban J connectivity index is 1.25. The SMILES string of the molecule is CCCCCC(=O)OC1C=C(c2ccc(-c3cc(-c4ccccc4)c(-c4ccc(C5=CC(OC(=O)CCCCC)CCC5OC(=O)CCCCC)cc4)cc3-c3ccccc3)cc2)C(OC(=O)CCCCC)CC1. The second kappa shape index (κ2) is 28.8. The van der Waals surface area contributed by atoms with E-state index in [1.165, 1.54) is 0 Å². The molecule has 0 radical (unpaired) electrons. The fourth-order valence-corrected chi connectivity index (χ4v) is 10.2. The van der Waals surface area contributed by atoms with Crippen LogP contribution in [0.5, 0.6) is 0 Å². The molecule has 74 heavy (non-hydrogen) atoms. The molecule has 2 aliphatic carbocycles. The van der Waals surface area contributed by atoms with Crippen LogP contribution in [-0.4, -0.2) is 48.3 Å². The molecular weight excluding hydrogens is 921 g/mol. The van der Waals surface area contributed by atoms with Crippen molar-refractivity contribution in [1.82, 2.24) is 0 Å². The van der Waals surface area contributed by atoms with E-state index in [9.17, 15) is 19.2 Å². The summed E-state index contributed by atoms with van der Waals surface area (Å²) in [4.78, 5) is 52.1. The van der Waals surface area contributed by atoms with Crippen molar-refractivity contribution >= 4 is 35.0 Å². The molecule has 0 aromatic heterocycles. The van der Waals surface area contributed by atoms with Gasteiger partial charge in [-0.1, -0.05) is 188 Å². The zero-order valence-electron chi connectivity index (χ0n) is 44.4. The maximum Gasteiger partial charge on any atom is 0.306 e. The normalized spacial score (nSPS) is 17.4. The minimum atomic E-state index is -0.439. The van der Waals surface area contributed by atoms with E-state index < -0.39 is 24.4 Å². The smallest absolute Gasteiger partial charge is 0.306 e. The van der Waals surface area contributed by atoms with E-state index >= 15 is 0 Å². The van der Waals surface area contributed by atoms with Crippen LogP contribution in [0.2, 0.25) is 0 Å². The van der Waals surface area contributed by atoms with Gasteiger partial charge < -0.3 is 18.9 Å². The standard InChI is InChI=1S/C66H78O8/c1-5-9-15-27-63(67)71-53-39-41-61(73-65(69)29-17-11-7-3)59(43-53)51-35-31-49(32-36-51)57-45-56(48-25-21-14-22-26-48)58(46-55(57)47-23-19-13-20-24-47)50-33-37-52(38-34-50)60-44-54(72-64(68)28-16-10-6-2)40-42-62(60)74-66(70)30-18-12-8-4/h13-14,19-26,31-38,43-46,53-54,61-62H,5-12,15-18,27-30,39-42H2,1-4H3. The van der Waals surface area contributed by atoms with E-state index in [-0.39, 0.29) is 23.9 Å². The molecule has 0 saturated heterocycles. The molecule has 0 heterocycles. The van der Waals surface area contributed by atoms with E-state index in [0.717, 1.165) is 144 Å². The zero-order chi connectivity index (χ0) is 52.1. The Labute approximate surface area is 441 Å². The van der Waals surface area contributed by atoms with E-state index in [0.29, 0.717) is 51.4 Å². The maximum atomic E-state index is 13.1. The first-order chi connectivity index (χ1) is 36.2. The Morgan fingerprint density at radius 3 is 0.946 bits per heavy atom. The Kier molecular flexibility index (Phi) is 21.5. The molecule has 0 aliphatic heterocycles. The lowest BCUT2D eigenvalue weighted by Gasteiger charge is -2.29. The molecule has 390 valence electrons. The predicted octanol–water partition coefficient (Wildman–Crippen LogP) is 16.7. The van der Waals surface area contributed by atoms with Crippen molar-refractivity contribution in [2.45, 2.75) is 181 Å². The molecule has 0 bridgehead atoms. The first-order valence-electron chi connectivity index (χ1n) is 27.9. The largest absolute Gasteiger partial charge is 0.458 e. The second-order valence-corrected chi connectivity index (χ2v) is 20.1. The van der Waals surface area contributed by atoms with Gasteiger partial charge in [0.05, 0.1) is 0 Å². The molecule has 5 aromatic rings. The van der Waals surface area contributed by atoms with Gasteiger partial charge in [0.1, 0.15) is 24.4 Å². The summed E-state index contributed by atoms with van der Waals surface area (Å²) in [7, 11) is 0. The monoisotopic (exact) mass is 999 g/mol. The van der Waals surface area contributed by atoms with Gasteiger partial charge in [0.25, 0.3) is 0 Å². The predicted molar refractivity (Wildman–Crippen MR) is 299 cm³/mol. The molecule has 2 aliphatic rings. The highest BCUT2D eigenvalue weighted by atomic mass is 16.6. The van der Waals surface area contributed by atoms with Crippen LogP contribution in [0.25, 0.3) is 55.7 Å². The molecule has 0 saturated carbocycles. The molecule has 0 amide bonds. The highest BCUT2D eigenvalue weighted by molar-refractivity contribution is 5.95. The van der Waals surface area contributed by atoms with E-state index in [4.69, 9.17) is 18.9 Å². The average Bonchev–Trinajstić information content (AvgIpc) is 3.42. The van der Waals surface area contributed by atoms with Gasteiger partial charge >= 0.3 is 23.9 Å². The number of carbonyl (C=O) groups is 4. The van der Waals surface area contributed by atoms with Crippen LogP contribution in [0.4, 0.5) is 0 Å². The van der Waals surface area contributed by atoms with E-state index in [2.05, 4.69) is 137 Å². The summed E-state index contributed by atoms with van der Waals surface area (Å²) >= 11 is 0. The number of hydrogen-bond acceptors (Lipinski definition) is 8. The lowest BCUT2D eigenvalue weighted by Crippen LogP contribution is -2.28. The number of hydrogen-bond donors (Lipinski definition) is 0. The molecular formula is C66H78O8. The minimum Gasteiger partial charge on any atom is -0.458 e. The minimum absolute atomic E-state index is 0.191. The summed E-state index contributed by atoms with van der Waals surface area (Å²) < 4.78 is 24.3. The fraction of sp³-hybridized carbons (Fsp3) is 0.424. The lowest BCUT2D eigenvalue weighted by molar-refractivity contribution is -0.151. The molecule has 4 atom stereocenters. The van der Waals surface area contributed by atoms with Crippen LogP contribution < -0.4 is 0 Å². The Morgan fingerprint density at radius 1 is 0.351 bits per heavy atom. The van der Waals surface area contributed by atoms with Gasteiger partial charge in [-0.15, -0.1) is 0 Å². The first kappa shape index (κ1) is 55.2. The number of esters is 4. The summed E-state index contributed by atoms with van der Waals surface area (Å²) in [6.07, 6.45) is 17.4. The van der Waals surface area contributed by atoms with Crippen LogP contribution >= 0.6 is 0 Å². The van der Waals surface area contributed by atoms with Gasteiger partial charge in [0.15, 0.2) is 0 Å². The molecule has 4 unspecified atom stereocenters. The molecule has 0 fully saturated rings. The van der Waals surface area contributed by atoms with Crippen molar-refractivity contribution in [3.05, 3.63) is 145 Å². The van der Waals surface area contributed by atoms with E-state index in [1.807, 2.05) is 24.3 Å². The molecule has 0 N–H and O–H groups in total. The highest BCUT2D eigenvalue weighted by Crippen LogP contribution is 2.44. The maximum absolute atomic E-state index is 13.1. The molecule has 7 rings (SSSR count). The Bertz CT molecular complexity index is 2460. The molecule has 5 aromatic carbocycles. The summed E-state index contributed by atoms with van der Waals surface area (Å²) in [5.41, 5.74) is 12.0. The number of unbranched alkanes of at least 4 members (excludes halogenated alkanes) is 8. The quantitative estimate of drug-likeness (QED) is 0.0306. The highest BCUT2D eigenvalue weighted by Gasteiger charge is 2.31. The van der Waals surface area contributed by atoms with Gasteiger partial charge in [-0.3, -0.25) is 19.2 Å². The second-order valence-electron chi connectivity index (χ2n) is 20.1. The third-order valence-electron chi connectivity index (χ3n) is 14.3. The van der Waals surface area contributed by atoms with E-state index in [1.54, 1.807) is 0 Å². The van der Waals surface area contributed by atoms with Gasteiger partial charge in [-0.25, -0.2) is 0 Å². The Morgan fingerprint density at radius 2 is 0.635 bits per heavy atom. The van der Waals surface area contributed by atoms with Gasteiger partial charge in [0, 0.05) is 25.7 Å². The third kappa shape index (κ3) is 15.7. The zero-order valence-corrected chi connectivity index (χ0v) is 44.4. The molecule has 8 heteroatoms. The number of benzene rings is 5. The van der Waals surface area contributed by atoms with Crippen molar-refractivity contribution in [2.75, 3.05) is 0 Å². The van der Waals surface area contributed by atoms with Crippen LogP contribution in [0.1, 0.15) is 167 Å². The molecule has 8 nitrogen and oxygen atoms in total. The topological polar surface area (TPSA) is 105 Å². The van der Waals surface area contributed by atoms with Crippen molar-refractivity contribution < 1.29 is 38.1 Å². The van der Waals surface area contributed by atoms with Gasteiger partial charge in [-0.05, 0) is 142 Å². The third-order valence-corrected chi connectivity index (χ3v) is 14.3. The van der Waals surface area contributed by atoms with Crippen molar-refractivity contribution in [3.63, 3.8) is 0 Å². The molecule has 0 spiro atoms. The number of rotatable bonds is 26. The number of ether oxygens (including phenoxy) is 4. The summed E-state index contributed by atoms with van der Waals surface area (Å²) in [6, 6.07) is 42.4. The van der Waals surface area contributed by atoms with Crippen molar-refractivity contribution in [2.24, 2.45) is 0 Å². The average molecular weight is 999 g/mol. The summed E-state index contributed by atoms with van der Waals surface area (Å²) in [5, 5.41) is 0. The number of carbonyl (C=O) groups excluding carboxylic acids is 4. The summed E-state index contributed by atoms with van der Waals surface area (Å²) in [5.74, 6) is -0.781. The van der Waals surface area contributed by atoms with Crippen LogP contribution in [0.3, 0.4) is 0 Å². The van der Waals surface area contributed by atoms with Crippen molar-refractivity contribution in [1.29, 1.82) is 0 Å².